The molecule has 0 radical (unpaired) electrons. The summed E-state index contributed by atoms with van der Waals surface area (Å²) in [5.74, 6) is -0.0209. The first-order chi connectivity index (χ1) is 9.21. The van der Waals surface area contributed by atoms with Crippen molar-refractivity contribution in [2.24, 2.45) is 5.73 Å². The lowest BCUT2D eigenvalue weighted by Gasteiger charge is -2.26. The number of anilines is 1. The smallest absolute Gasteiger partial charge is 0.231 e. The second kappa shape index (κ2) is 6.14. The zero-order valence-electron chi connectivity index (χ0n) is 10.9. The van der Waals surface area contributed by atoms with Gasteiger partial charge in [0.1, 0.15) is 0 Å². The zero-order valence-corrected chi connectivity index (χ0v) is 10.9. The maximum Gasteiger partial charge on any atom is 0.231 e. The fraction of sp³-hybridized carbons (Fsp3) is 0.500. The van der Waals surface area contributed by atoms with Crippen LogP contribution < -0.4 is 10.6 Å². The number of rotatable bonds is 6. The Bertz CT molecular complexity index is 462. The largest absolute Gasteiger partial charge is 0.396 e. The standard InChI is InChI=1S/C14H20N2O3/c15-5-3-10-1-2-13-11(7-10)8-14(19)16(13)12(9-18)4-6-17/h1-2,7,12,17-18H,3-6,8-9,15H2. The molecule has 1 heterocycles. The summed E-state index contributed by atoms with van der Waals surface area (Å²) in [6, 6.07) is 5.53. The van der Waals surface area contributed by atoms with E-state index in [0.717, 1.165) is 23.2 Å². The third-order valence-electron chi connectivity index (χ3n) is 3.49. The van der Waals surface area contributed by atoms with E-state index in [1.165, 1.54) is 0 Å². The monoisotopic (exact) mass is 264 g/mol. The number of carbonyl (C=O) groups is 1. The van der Waals surface area contributed by atoms with Crippen LogP contribution in [0.5, 0.6) is 0 Å². The molecule has 1 aromatic carbocycles. The Labute approximate surface area is 112 Å². The number of nitrogens with two attached hydrogens (primary N) is 1. The molecule has 19 heavy (non-hydrogen) atoms. The van der Waals surface area contributed by atoms with Crippen molar-refractivity contribution in [1.82, 2.24) is 0 Å². The maximum absolute atomic E-state index is 12.1. The van der Waals surface area contributed by atoms with Crippen molar-refractivity contribution in [3.05, 3.63) is 29.3 Å². The number of hydrogen-bond acceptors (Lipinski definition) is 4. The van der Waals surface area contributed by atoms with E-state index in [1.54, 1.807) is 4.90 Å². The van der Waals surface area contributed by atoms with Crippen molar-refractivity contribution in [1.29, 1.82) is 0 Å². The van der Waals surface area contributed by atoms with Crippen LogP contribution in [0.4, 0.5) is 5.69 Å². The molecule has 0 aliphatic carbocycles. The minimum Gasteiger partial charge on any atom is -0.396 e. The van der Waals surface area contributed by atoms with Gasteiger partial charge in [0.2, 0.25) is 5.91 Å². The molecule has 1 aromatic rings. The number of carbonyl (C=O) groups excluding carboxylic acids is 1. The Morgan fingerprint density at radius 2 is 2.16 bits per heavy atom. The second-order valence-corrected chi connectivity index (χ2v) is 4.79. The molecular formula is C14H20N2O3. The molecule has 0 saturated carbocycles. The van der Waals surface area contributed by atoms with Gasteiger partial charge in [0.25, 0.3) is 0 Å². The molecule has 1 atom stereocenters. The number of hydrogen-bond donors (Lipinski definition) is 3. The highest BCUT2D eigenvalue weighted by Gasteiger charge is 2.32. The highest BCUT2D eigenvalue weighted by molar-refractivity contribution is 6.02. The summed E-state index contributed by atoms with van der Waals surface area (Å²) in [5, 5.41) is 18.4. The molecule has 4 N–H and O–H groups in total. The highest BCUT2D eigenvalue weighted by Crippen LogP contribution is 2.32. The van der Waals surface area contributed by atoms with Gasteiger partial charge in [-0.25, -0.2) is 0 Å². The Kier molecular flexibility index (Phi) is 4.52. The van der Waals surface area contributed by atoms with Crippen LogP contribution in [0.25, 0.3) is 0 Å². The summed E-state index contributed by atoms with van der Waals surface area (Å²) < 4.78 is 0. The normalized spacial score (nSPS) is 15.7. The lowest BCUT2D eigenvalue weighted by Crippen LogP contribution is -2.41. The van der Waals surface area contributed by atoms with Crippen LogP contribution in [0.2, 0.25) is 0 Å². The van der Waals surface area contributed by atoms with E-state index in [2.05, 4.69) is 0 Å². The minimum absolute atomic E-state index is 0.0209. The molecule has 0 bridgehead atoms. The Hall–Kier alpha value is -1.43. The van der Waals surface area contributed by atoms with Crippen LogP contribution in [-0.2, 0) is 17.6 Å². The van der Waals surface area contributed by atoms with Gasteiger partial charge in [0.15, 0.2) is 0 Å². The molecule has 1 aliphatic rings. The average Bonchev–Trinajstić information content (AvgIpc) is 2.72. The topological polar surface area (TPSA) is 86.8 Å². The summed E-state index contributed by atoms with van der Waals surface area (Å²) in [7, 11) is 0. The number of amides is 1. The quantitative estimate of drug-likeness (QED) is 0.665. The van der Waals surface area contributed by atoms with Crippen molar-refractivity contribution in [2.75, 3.05) is 24.7 Å². The van der Waals surface area contributed by atoms with Crippen LogP contribution in [0.1, 0.15) is 17.5 Å². The molecule has 1 unspecified atom stereocenters. The molecule has 1 aliphatic heterocycles. The van der Waals surface area contributed by atoms with Crippen molar-refractivity contribution in [2.45, 2.75) is 25.3 Å². The summed E-state index contributed by atoms with van der Waals surface area (Å²) in [6.45, 7) is 0.395. The molecule has 0 spiro atoms. The van der Waals surface area contributed by atoms with Crippen LogP contribution >= 0.6 is 0 Å². The van der Waals surface area contributed by atoms with Crippen molar-refractivity contribution in [3.63, 3.8) is 0 Å². The van der Waals surface area contributed by atoms with Crippen molar-refractivity contribution in [3.8, 4) is 0 Å². The van der Waals surface area contributed by atoms with Crippen LogP contribution in [-0.4, -0.2) is 41.9 Å². The fourth-order valence-electron chi connectivity index (χ4n) is 2.57. The van der Waals surface area contributed by atoms with Gasteiger partial charge in [-0.3, -0.25) is 4.79 Å². The SMILES string of the molecule is NCCc1ccc2c(c1)CC(=O)N2C(CO)CCO. The third-order valence-corrected chi connectivity index (χ3v) is 3.49. The van der Waals surface area contributed by atoms with Crippen LogP contribution in [0.3, 0.4) is 0 Å². The lowest BCUT2D eigenvalue weighted by molar-refractivity contribution is -0.118. The summed E-state index contributed by atoms with van der Waals surface area (Å²) in [5.41, 5.74) is 8.48. The molecular weight excluding hydrogens is 244 g/mol. The van der Waals surface area contributed by atoms with E-state index in [1.807, 2.05) is 18.2 Å². The predicted octanol–water partition coefficient (Wildman–Crippen LogP) is -0.180. The maximum atomic E-state index is 12.1. The van der Waals surface area contributed by atoms with E-state index < -0.39 is 0 Å². The Balaban J connectivity index is 2.28. The fourth-order valence-corrected chi connectivity index (χ4v) is 2.57. The van der Waals surface area contributed by atoms with Gasteiger partial charge in [-0.15, -0.1) is 0 Å². The summed E-state index contributed by atoms with van der Waals surface area (Å²) >= 11 is 0. The van der Waals surface area contributed by atoms with E-state index >= 15 is 0 Å². The molecule has 5 heteroatoms. The van der Waals surface area contributed by atoms with Crippen molar-refractivity contribution < 1.29 is 15.0 Å². The van der Waals surface area contributed by atoms with Crippen LogP contribution in [0, 0.1) is 0 Å². The Morgan fingerprint density at radius 3 is 2.79 bits per heavy atom. The van der Waals surface area contributed by atoms with Gasteiger partial charge in [0, 0.05) is 12.3 Å². The van der Waals surface area contributed by atoms with E-state index in [0.29, 0.717) is 19.4 Å². The molecule has 1 amide bonds. The zero-order chi connectivity index (χ0) is 13.8. The van der Waals surface area contributed by atoms with E-state index in [4.69, 9.17) is 10.8 Å². The summed E-state index contributed by atoms with van der Waals surface area (Å²) in [4.78, 5) is 13.7. The first kappa shape index (κ1) is 14.0. The average molecular weight is 264 g/mol. The van der Waals surface area contributed by atoms with Crippen molar-refractivity contribution >= 4 is 11.6 Å². The highest BCUT2D eigenvalue weighted by atomic mass is 16.3. The first-order valence-electron chi connectivity index (χ1n) is 6.57. The summed E-state index contributed by atoms with van der Waals surface area (Å²) in [6.07, 6.45) is 1.53. The molecule has 0 saturated heterocycles. The van der Waals surface area contributed by atoms with Gasteiger partial charge in [-0.2, -0.15) is 0 Å². The number of aliphatic hydroxyl groups excluding tert-OH is 2. The van der Waals surface area contributed by atoms with Gasteiger partial charge in [0.05, 0.1) is 19.1 Å². The van der Waals surface area contributed by atoms with Gasteiger partial charge >= 0.3 is 0 Å². The molecule has 104 valence electrons. The number of benzene rings is 1. The lowest BCUT2D eigenvalue weighted by atomic mass is 10.1. The first-order valence-corrected chi connectivity index (χ1v) is 6.57. The Morgan fingerprint density at radius 1 is 1.37 bits per heavy atom. The van der Waals surface area contributed by atoms with E-state index in [-0.39, 0.29) is 25.2 Å². The molecule has 0 fully saturated rings. The molecule has 2 rings (SSSR count). The third kappa shape index (κ3) is 2.78. The van der Waals surface area contributed by atoms with Gasteiger partial charge in [-0.1, -0.05) is 12.1 Å². The predicted molar refractivity (Wildman–Crippen MR) is 73.0 cm³/mol. The van der Waals surface area contributed by atoms with Crippen LogP contribution in [0.15, 0.2) is 18.2 Å². The van der Waals surface area contributed by atoms with Gasteiger partial charge < -0.3 is 20.8 Å². The number of fused-ring (bicyclic) bond motifs is 1. The number of aliphatic hydroxyl groups is 2. The molecule has 5 nitrogen and oxygen atoms in total. The minimum atomic E-state index is -0.348. The second-order valence-electron chi connectivity index (χ2n) is 4.79. The number of nitrogens with zero attached hydrogens (tertiary/aromatic N) is 1. The molecule has 0 aromatic heterocycles. The van der Waals surface area contributed by atoms with E-state index in [9.17, 15) is 9.90 Å². The van der Waals surface area contributed by atoms with Gasteiger partial charge in [-0.05, 0) is 36.6 Å².